The Balaban J connectivity index is 1.72. The molecule has 2 heterocycles. The monoisotopic (exact) mass is 260 g/mol. The minimum Gasteiger partial charge on any atom is -0.492 e. The van der Waals surface area contributed by atoms with Crippen molar-refractivity contribution in [1.82, 2.24) is 10.2 Å². The van der Waals surface area contributed by atoms with Crippen molar-refractivity contribution < 1.29 is 9.53 Å². The van der Waals surface area contributed by atoms with E-state index in [1.807, 2.05) is 23.1 Å². The molecule has 0 saturated carbocycles. The SMILES string of the molecule is C[C@H]1CNCCN1C(=O)C1COc2ccccc2C1. The van der Waals surface area contributed by atoms with Crippen molar-refractivity contribution in [3.63, 3.8) is 0 Å². The summed E-state index contributed by atoms with van der Waals surface area (Å²) in [6, 6.07) is 8.28. The van der Waals surface area contributed by atoms with Crippen LogP contribution in [0.5, 0.6) is 5.75 Å². The Labute approximate surface area is 113 Å². The molecule has 0 spiro atoms. The summed E-state index contributed by atoms with van der Waals surface area (Å²) >= 11 is 0. The zero-order valence-corrected chi connectivity index (χ0v) is 11.3. The van der Waals surface area contributed by atoms with Crippen LogP contribution < -0.4 is 10.1 Å². The summed E-state index contributed by atoms with van der Waals surface area (Å²) in [5.41, 5.74) is 1.15. The van der Waals surface area contributed by atoms with Crippen LogP contribution in [0.3, 0.4) is 0 Å². The minimum atomic E-state index is -0.0320. The Kier molecular flexibility index (Phi) is 3.42. The van der Waals surface area contributed by atoms with Crippen LogP contribution in [0.2, 0.25) is 0 Å². The molecule has 1 saturated heterocycles. The summed E-state index contributed by atoms with van der Waals surface area (Å²) < 4.78 is 5.72. The van der Waals surface area contributed by atoms with Crippen LogP contribution >= 0.6 is 0 Å². The van der Waals surface area contributed by atoms with E-state index in [9.17, 15) is 4.79 Å². The van der Waals surface area contributed by atoms with Crippen molar-refractivity contribution >= 4 is 5.91 Å². The lowest BCUT2D eigenvalue weighted by molar-refractivity contribution is -0.139. The van der Waals surface area contributed by atoms with Gasteiger partial charge in [0, 0.05) is 25.7 Å². The van der Waals surface area contributed by atoms with Crippen LogP contribution in [-0.2, 0) is 11.2 Å². The summed E-state index contributed by atoms with van der Waals surface area (Å²) in [5.74, 6) is 1.14. The number of ether oxygens (including phenoxy) is 1. The van der Waals surface area contributed by atoms with Gasteiger partial charge in [-0.1, -0.05) is 18.2 Å². The molecule has 19 heavy (non-hydrogen) atoms. The largest absolute Gasteiger partial charge is 0.492 e. The molecule has 1 aromatic carbocycles. The number of piperazine rings is 1. The molecular formula is C15H20N2O2. The Hall–Kier alpha value is -1.55. The number of carbonyl (C=O) groups is 1. The quantitative estimate of drug-likeness (QED) is 0.821. The zero-order valence-electron chi connectivity index (χ0n) is 11.3. The van der Waals surface area contributed by atoms with Gasteiger partial charge < -0.3 is 15.0 Å². The van der Waals surface area contributed by atoms with Crippen molar-refractivity contribution in [3.05, 3.63) is 29.8 Å². The summed E-state index contributed by atoms with van der Waals surface area (Å²) in [6.07, 6.45) is 0.797. The molecule has 0 aliphatic carbocycles. The topological polar surface area (TPSA) is 41.6 Å². The summed E-state index contributed by atoms with van der Waals surface area (Å²) in [4.78, 5) is 14.6. The van der Waals surface area contributed by atoms with Crippen molar-refractivity contribution in [2.24, 2.45) is 5.92 Å². The third-order valence-electron chi connectivity index (χ3n) is 4.01. The number of rotatable bonds is 1. The van der Waals surface area contributed by atoms with Crippen LogP contribution in [0.15, 0.2) is 24.3 Å². The molecule has 2 aliphatic heterocycles. The van der Waals surface area contributed by atoms with Gasteiger partial charge in [-0.3, -0.25) is 4.79 Å². The van der Waals surface area contributed by atoms with Crippen molar-refractivity contribution in [3.8, 4) is 5.75 Å². The fraction of sp³-hybridized carbons (Fsp3) is 0.533. The predicted octanol–water partition coefficient (Wildman–Crippen LogP) is 1.06. The van der Waals surface area contributed by atoms with Gasteiger partial charge in [-0.25, -0.2) is 0 Å². The third kappa shape index (κ3) is 2.45. The van der Waals surface area contributed by atoms with Crippen LogP contribution in [0.4, 0.5) is 0 Å². The molecule has 1 fully saturated rings. The lowest BCUT2D eigenvalue weighted by atomic mass is 9.95. The fourth-order valence-corrected chi connectivity index (χ4v) is 2.89. The number of fused-ring (bicyclic) bond motifs is 1. The van der Waals surface area contributed by atoms with E-state index >= 15 is 0 Å². The molecule has 4 heteroatoms. The van der Waals surface area contributed by atoms with Gasteiger partial charge >= 0.3 is 0 Å². The van der Waals surface area contributed by atoms with Crippen molar-refractivity contribution in [1.29, 1.82) is 0 Å². The van der Waals surface area contributed by atoms with E-state index < -0.39 is 0 Å². The summed E-state index contributed by atoms with van der Waals surface area (Å²) in [6.45, 7) is 5.18. The van der Waals surface area contributed by atoms with Gasteiger partial charge in [-0.15, -0.1) is 0 Å². The van der Waals surface area contributed by atoms with E-state index in [0.717, 1.165) is 37.4 Å². The van der Waals surface area contributed by atoms with E-state index in [0.29, 0.717) is 6.61 Å². The van der Waals surface area contributed by atoms with Crippen molar-refractivity contribution in [2.45, 2.75) is 19.4 Å². The minimum absolute atomic E-state index is 0.0320. The number of benzene rings is 1. The van der Waals surface area contributed by atoms with Gasteiger partial charge in [-0.2, -0.15) is 0 Å². The lowest BCUT2D eigenvalue weighted by Gasteiger charge is -2.37. The van der Waals surface area contributed by atoms with E-state index in [-0.39, 0.29) is 17.9 Å². The van der Waals surface area contributed by atoms with Gasteiger partial charge in [0.15, 0.2) is 0 Å². The standard InChI is InChI=1S/C15H20N2O2/c1-11-9-16-6-7-17(11)15(18)13-8-12-4-2-3-5-14(12)19-10-13/h2-5,11,13,16H,6-10H2,1H3/t11-,13?/m0/s1. The number of nitrogens with one attached hydrogen (secondary N) is 1. The maximum atomic E-state index is 12.6. The maximum Gasteiger partial charge on any atom is 0.229 e. The molecule has 2 aliphatic rings. The number of hydrogen-bond acceptors (Lipinski definition) is 3. The van der Waals surface area contributed by atoms with E-state index in [2.05, 4.69) is 18.3 Å². The Morgan fingerprint density at radius 2 is 2.26 bits per heavy atom. The molecule has 1 aromatic rings. The van der Waals surface area contributed by atoms with E-state index in [1.54, 1.807) is 0 Å². The number of hydrogen-bond donors (Lipinski definition) is 1. The van der Waals surface area contributed by atoms with Crippen LogP contribution in [0.25, 0.3) is 0 Å². The molecule has 1 unspecified atom stereocenters. The fourth-order valence-electron chi connectivity index (χ4n) is 2.89. The highest BCUT2D eigenvalue weighted by molar-refractivity contribution is 5.80. The van der Waals surface area contributed by atoms with Gasteiger partial charge in [0.25, 0.3) is 0 Å². The molecule has 4 nitrogen and oxygen atoms in total. The van der Waals surface area contributed by atoms with Gasteiger partial charge in [0.1, 0.15) is 12.4 Å². The first kappa shape index (κ1) is 12.5. The Bertz CT molecular complexity index is 475. The first-order valence-electron chi connectivity index (χ1n) is 6.97. The first-order chi connectivity index (χ1) is 9.25. The molecule has 0 aromatic heterocycles. The van der Waals surface area contributed by atoms with Gasteiger partial charge in [0.2, 0.25) is 5.91 Å². The number of amides is 1. The molecular weight excluding hydrogens is 240 g/mol. The average molecular weight is 260 g/mol. The molecule has 2 atom stereocenters. The zero-order chi connectivity index (χ0) is 13.2. The maximum absolute atomic E-state index is 12.6. The molecule has 1 amide bonds. The second kappa shape index (κ2) is 5.21. The summed E-state index contributed by atoms with van der Waals surface area (Å²) in [5, 5.41) is 3.31. The van der Waals surface area contributed by atoms with Crippen LogP contribution in [0, 0.1) is 5.92 Å². The molecule has 3 rings (SSSR count). The van der Waals surface area contributed by atoms with Gasteiger partial charge in [0.05, 0.1) is 5.92 Å². The highest BCUT2D eigenvalue weighted by Crippen LogP contribution is 2.28. The Morgan fingerprint density at radius 1 is 1.42 bits per heavy atom. The second-order valence-corrected chi connectivity index (χ2v) is 5.40. The highest BCUT2D eigenvalue weighted by atomic mass is 16.5. The smallest absolute Gasteiger partial charge is 0.229 e. The number of nitrogens with zero attached hydrogens (tertiary/aromatic N) is 1. The molecule has 102 valence electrons. The van der Waals surface area contributed by atoms with Crippen molar-refractivity contribution in [2.75, 3.05) is 26.2 Å². The van der Waals surface area contributed by atoms with E-state index in [1.165, 1.54) is 0 Å². The molecule has 0 bridgehead atoms. The second-order valence-electron chi connectivity index (χ2n) is 5.40. The van der Waals surface area contributed by atoms with Crippen LogP contribution in [-0.4, -0.2) is 43.1 Å². The lowest BCUT2D eigenvalue weighted by Crippen LogP contribution is -2.54. The third-order valence-corrected chi connectivity index (χ3v) is 4.01. The van der Waals surface area contributed by atoms with Crippen LogP contribution in [0.1, 0.15) is 12.5 Å². The molecule has 0 radical (unpaired) electrons. The molecule has 1 N–H and O–H groups in total. The Morgan fingerprint density at radius 3 is 3.11 bits per heavy atom. The average Bonchev–Trinajstić information content (AvgIpc) is 2.46. The van der Waals surface area contributed by atoms with Gasteiger partial charge in [-0.05, 0) is 25.0 Å². The summed E-state index contributed by atoms with van der Waals surface area (Å²) in [7, 11) is 0. The van der Waals surface area contributed by atoms with E-state index in [4.69, 9.17) is 4.74 Å². The highest BCUT2D eigenvalue weighted by Gasteiger charge is 2.32. The predicted molar refractivity (Wildman–Crippen MR) is 73.2 cm³/mol. The first-order valence-corrected chi connectivity index (χ1v) is 6.97. The number of carbonyl (C=O) groups excluding carboxylic acids is 1. The normalized spacial score (nSPS) is 26.5. The number of para-hydroxylation sites is 1.